The Balaban J connectivity index is 4.71. The van der Waals surface area contributed by atoms with Crippen molar-refractivity contribution in [1.29, 1.82) is 0 Å². The van der Waals surface area contributed by atoms with Crippen molar-refractivity contribution in [3.63, 3.8) is 0 Å². The van der Waals surface area contributed by atoms with E-state index in [-0.39, 0.29) is 11.4 Å². The Morgan fingerprint density at radius 3 is 1.93 bits per heavy atom. The molecule has 0 aromatic carbocycles. The van der Waals surface area contributed by atoms with Gasteiger partial charge in [-0.2, -0.15) is 0 Å². The first-order valence-electron chi connectivity index (χ1n) is 5.26. The summed E-state index contributed by atoms with van der Waals surface area (Å²) in [6.07, 6.45) is 1.59. The Bertz CT molecular complexity index is 209. The number of carbonyl (C=O) groups is 1. The maximum Gasteiger partial charge on any atom is 0.242 e. The average molecular weight is 200 g/mol. The summed E-state index contributed by atoms with van der Waals surface area (Å²) in [4.78, 5) is 13.8. The van der Waals surface area contributed by atoms with E-state index >= 15 is 0 Å². The van der Waals surface area contributed by atoms with Gasteiger partial charge in [0.1, 0.15) is 0 Å². The predicted octanol–water partition coefficient (Wildman–Crippen LogP) is 1.76. The van der Waals surface area contributed by atoms with Crippen LogP contribution < -0.4 is 5.73 Å². The summed E-state index contributed by atoms with van der Waals surface area (Å²) in [5.41, 5.74) is 5.07. The van der Waals surface area contributed by atoms with Crippen molar-refractivity contribution in [1.82, 2.24) is 4.90 Å². The Hall–Kier alpha value is -0.570. The van der Waals surface area contributed by atoms with Crippen LogP contribution in [0.25, 0.3) is 0 Å². The highest BCUT2D eigenvalue weighted by Crippen LogP contribution is 2.20. The second-order valence-corrected chi connectivity index (χ2v) is 4.80. The zero-order valence-corrected chi connectivity index (χ0v) is 10.3. The van der Waals surface area contributed by atoms with E-state index in [4.69, 9.17) is 5.73 Å². The molecule has 0 aromatic heterocycles. The lowest BCUT2D eigenvalue weighted by Crippen LogP contribution is -2.57. The number of nitrogens with two attached hydrogens (primary N) is 1. The van der Waals surface area contributed by atoms with Crippen LogP contribution in [-0.4, -0.2) is 28.9 Å². The van der Waals surface area contributed by atoms with Crippen LogP contribution in [0.15, 0.2) is 0 Å². The van der Waals surface area contributed by atoms with Crippen molar-refractivity contribution in [2.45, 2.75) is 58.5 Å². The number of rotatable bonds is 4. The third kappa shape index (κ3) is 2.71. The Morgan fingerprint density at radius 1 is 1.21 bits per heavy atom. The van der Waals surface area contributed by atoms with Crippen LogP contribution >= 0.6 is 0 Å². The van der Waals surface area contributed by atoms with E-state index in [1.54, 1.807) is 11.8 Å². The van der Waals surface area contributed by atoms with Crippen LogP contribution in [0.4, 0.5) is 0 Å². The molecule has 0 bridgehead atoms. The molecule has 0 aliphatic carbocycles. The minimum absolute atomic E-state index is 0.0202. The Labute approximate surface area is 87.6 Å². The quantitative estimate of drug-likeness (QED) is 0.751. The molecule has 0 aliphatic rings. The van der Waals surface area contributed by atoms with Gasteiger partial charge in [0.25, 0.3) is 0 Å². The van der Waals surface area contributed by atoms with Gasteiger partial charge < -0.3 is 10.6 Å². The molecule has 84 valence electrons. The molecule has 0 aromatic rings. The zero-order valence-electron chi connectivity index (χ0n) is 10.3. The molecule has 0 aliphatic heterocycles. The molecule has 14 heavy (non-hydrogen) atoms. The molecule has 0 rings (SSSR count). The van der Waals surface area contributed by atoms with Gasteiger partial charge in [-0.05, 0) is 33.6 Å². The molecule has 0 saturated carbocycles. The number of hydrogen-bond acceptors (Lipinski definition) is 2. The summed E-state index contributed by atoms with van der Waals surface area (Å²) < 4.78 is 0. The molecule has 3 heteroatoms. The zero-order chi connectivity index (χ0) is 11.6. The van der Waals surface area contributed by atoms with Gasteiger partial charge >= 0.3 is 0 Å². The van der Waals surface area contributed by atoms with Crippen molar-refractivity contribution in [3.8, 4) is 0 Å². The second kappa shape index (κ2) is 4.30. The van der Waals surface area contributed by atoms with E-state index in [0.29, 0.717) is 6.42 Å². The molecule has 0 radical (unpaired) electrons. The monoisotopic (exact) mass is 200 g/mol. The fraction of sp³-hybridized carbons (Fsp3) is 0.909. The SMILES string of the molecule is CCC(C)(N)C(=O)N(C)C(C)(C)CC. The molecule has 1 atom stereocenters. The van der Waals surface area contributed by atoms with Crippen LogP contribution in [-0.2, 0) is 4.79 Å². The third-order valence-electron chi connectivity index (χ3n) is 3.30. The van der Waals surface area contributed by atoms with Gasteiger partial charge in [0, 0.05) is 12.6 Å². The first kappa shape index (κ1) is 13.4. The second-order valence-electron chi connectivity index (χ2n) is 4.80. The standard InChI is InChI=1S/C11H24N2O/c1-7-10(3,4)13(6)9(14)11(5,12)8-2/h7-8,12H2,1-6H3. The summed E-state index contributed by atoms with van der Waals surface area (Å²) in [7, 11) is 1.83. The summed E-state index contributed by atoms with van der Waals surface area (Å²) >= 11 is 0. The van der Waals surface area contributed by atoms with E-state index in [0.717, 1.165) is 6.42 Å². The third-order valence-corrected chi connectivity index (χ3v) is 3.30. The lowest BCUT2D eigenvalue weighted by atomic mass is 9.93. The number of nitrogens with zero attached hydrogens (tertiary/aromatic N) is 1. The van der Waals surface area contributed by atoms with Crippen LogP contribution in [0.2, 0.25) is 0 Å². The summed E-state index contributed by atoms with van der Waals surface area (Å²) in [6.45, 7) is 9.90. The van der Waals surface area contributed by atoms with Crippen molar-refractivity contribution in [3.05, 3.63) is 0 Å². The smallest absolute Gasteiger partial charge is 0.242 e. The lowest BCUT2D eigenvalue weighted by molar-refractivity contribution is -0.140. The fourth-order valence-corrected chi connectivity index (χ4v) is 1.05. The van der Waals surface area contributed by atoms with E-state index in [9.17, 15) is 4.79 Å². The van der Waals surface area contributed by atoms with Gasteiger partial charge in [0.05, 0.1) is 5.54 Å². The largest absolute Gasteiger partial charge is 0.339 e. The highest BCUT2D eigenvalue weighted by Gasteiger charge is 2.35. The Kier molecular flexibility index (Phi) is 4.13. The van der Waals surface area contributed by atoms with Crippen LogP contribution in [0.1, 0.15) is 47.5 Å². The van der Waals surface area contributed by atoms with Crippen molar-refractivity contribution < 1.29 is 4.79 Å². The van der Waals surface area contributed by atoms with Gasteiger partial charge in [-0.25, -0.2) is 0 Å². The van der Waals surface area contributed by atoms with Crippen molar-refractivity contribution >= 4 is 5.91 Å². The number of likely N-dealkylation sites (N-methyl/N-ethyl adjacent to an activating group) is 1. The predicted molar refractivity (Wildman–Crippen MR) is 60.0 cm³/mol. The summed E-state index contributed by atoms with van der Waals surface area (Å²) in [5, 5.41) is 0. The molecular weight excluding hydrogens is 176 g/mol. The first-order chi connectivity index (χ1) is 6.19. The van der Waals surface area contributed by atoms with Crippen LogP contribution in [0.5, 0.6) is 0 Å². The van der Waals surface area contributed by atoms with E-state index < -0.39 is 5.54 Å². The van der Waals surface area contributed by atoms with Gasteiger partial charge in [0.2, 0.25) is 5.91 Å². The topological polar surface area (TPSA) is 46.3 Å². The van der Waals surface area contributed by atoms with Crippen LogP contribution in [0, 0.1) is 0 Å². The minimum Gasteiger partial charge on any atom is -0.339 e. The van der Waals surface area contributed by atoms with Gasteiger partial charge in [-0.15, -0.1) is 0 Å². The maximum absolute atomic E-state index is 12.0. The molecular formula is C11H24N2O. The van der Waals surface area contributed by atoms with Gasteiger partial charge in [-0.1, -0.05) is 13.8 Å². The van der Waals surface area contributed by atoms with Crippen molar-refractivity contribution in [2.24, 2.45) is 5.73 Å². The molecule has 1 unspecified atom stereocenters. The van der Waals surface area contributed by atoms with Crippen LogP contribution in [0.3, 0.4) is 0 Å². The molecule has 1 amide bonds. The maximum atomic E-state index is 12.0. The molecule has 0 fully saturated rings. The number of carbonyl (C=O) groups excluding carboxylic acids is 1. The summed E-state index contributed by atoms with van der Waals surface area (Å²) in [6, 6.07) is 0. The molecule has 0 heterocycles. The number of hydrogen-bond donors (Lipinski definition) is 1. The average Bonchev–Trinajstić information content (AvgIpc) is 2.15. The highest BCUT2D eigenvalue weighted by molar-refractivity contribution is 5.86. The molecule has 0 spiro atoms. The normalized spacial score (nSPS) is 16.2. The van der Waals surface area contributed by atoms with Gasteiger partial charge in [-0.3, -0.25) is 4.79 Å². The van der Waals surface area contributed by atoms with E-state index in [1.807, 2.05) is 14.0 Å². The minimum atomic E-state index is -0.735. The lowest BCUT2D eigenvalue weighted by Gasteiger charge is -2.39. The first-order valence-corrected chi connectivity index (χ1v) is 5.26. The van der Waals surface area contributed by atoms with E-state index in [2.05, 4.69) is 20.8 Å². The molecule has 3 nitrogen and oxygen atoms in total. The number of amides is 1. The highest BCUT2D eigenvalue weighted by atomic mass is 16.2. The van der Waals surface area contributed by atoms with Crippen molar-refractivity contribution in [2.75, 3.05) is 7.05 Å². The Morgan fingerprint density at radius 2 is 1.64 bits per heavy atom. The molecule has 2 N–H and O–H groups in total. The van der Waals surface area contributed by atoms with E-state index in [1.165, 1.54) is 0 Å². The fourth-order valence-electron chi connectivity index (χ4n) is 1.05. The van der Waals surface area contributed by atoms with Gasteiger partial charge in [0.15, 0.2) is 0 Å². The molecule has 0 saturated heterocycles. The summed E-state index contributed by atoms with van der Waals surface area (Å²) in [5.74, 6) is 0.0202.